The third-order valence-electron chi connectivity index (χ3n) is 1.99. The van der Waals surface area contributed by atoms with Crippen LogP contribution in [0.15, 0.2) is 18.3 Å². The van der Waals surface area contributed by atoms with Crippen LogP contribution in [0.3, 0.4) is 0 Å². The van der Waals surface area contributed by atoms with Crippen molar-refractivity contribution < 1.29 is 0 Å². The minimum atomic E-state index is 0.468. The van der Waals surface area contributed by atoms with Crippen molar-refractivity contribution in [3.05, 3.63) is 24.0 Å². The molecule has 0 bridgehead atoms. The van der Waals surface area contributed by atoms with Crippen LogP contribution in [-0.2, 0) is 0 Å². The van der Waals surface area contributed by atoms with Crippen molar-refractivity contribution >= 4 is 5.69 Å². The van der Waals surface area contributed by atoms with E-state index in [0.717, 1.165) is 17.9 Å². The highest BCUT2D eigenvalue weighted by atomic mass is 15.0. The Labute approximate surface area is 65.6 Å². The number of anilines is 1. The van der Waals surface area contributed by atoms with Gasteiger partial charge in [0.05, 0.1) is 23.6 Å². The normalized spacial score (nSPS) is 22.7. The summed E-state index contributed by atoms with van der Waals surface area (Å²) in [5.74, 6) is 0. The Morgan fingerprint density at radius 1 is 1.55 bits per heavy atom. The van der Waals surface area contributed by atoms with Gasteiger partial charge < -0.3 is 11.1 Å². The van der Waals surface area contributed by atoms with Crippen LogP contribution in [0.25, 0.3) is 0 Å². The molecule has 1 atom stereocenters. The molecular weight excluding hydrogens is 138 g/mol. The Bertz CT molecular complexity index is 238. The summed E-state index contributed by atoms with van der Waals surface area (Å²) in [6.07, 6.45) is 2.90. The maximum Gasteiger partial charge on any atom is 0.0575 e. The van der Waals surface area contributed by atoms with E-state index >= 15 is 0 Å². The molecule has 2 rings (SSSR count). The van der Waals surface area contributed by atoms with E-state index in [-0.39, 0.29) is 0 Å². The number of aromatic nitrogens is 1. The number of nitrogens with zero attached hydrogens (tertiary/aromatic N) is 1. The number of nitrogens with one attached hydrogen (secondary N) is 1. The Kier molecular flexibility index (Phi) is 1.51. The predicted molar refractivity (Wildman–Crippen MR) is 44.0 cm³/mol. The second kappa shape index (κ2) is 2.51. The van der Waals surface area contributed by atoms with E-state index in [0.29, 0.717) is 6.04 Å². The first-order valence-corrected chi connectivity index (χ1v) is 3.81. The Morgan fingerprint density at radius 2 is 2.36 bits per heavy atom. The van der Waals surface area contributed by atoms with E-state index in [1.165, 1.54) is 6.42 Å². The van der Waals surface area contributed by atoms with E-state index in [9.17, 15) is 0 Å². The standard InChI is InChI=1S/C8H11N3/c9-6-1-2-7(11-5-6)8-3-4-10-8/h1-2,5,8,10H,3-4,9H2. The minimum absolute atomic E-state index is 0.468. The summed E-state index contributed by atoms with van der Waals surface area (Å²) in [5, 5.41) is 3.28. The van der Waals surface area contributed by atoms with Gasteiger partial charge >= 0.3 is 0 Å². The Hall–Kier alpha value is -1.09. The summed E-state index contributed by atoms with van der Waals surface area (Å²) in [6, 6.07) is 4.34. The SMILES string of the molecule is Nc1ccc(C2CCN2)nc1. The van der Waals surface area contributed by atoms with Gasteiger partial charge in [-0.1, -0.05) is 0 Å². The topological polar surface area (TPSA) is 50.9 Å². The molecule has 0 spiro atoms. The first kappa shape index (κ1) is 6.61. The van der Waals surface area contributed by atoms with Crippen LogP contribution >= 0.6 is 0 Å². The molecule has 0 saturated carbocycles. The van der Waals surface area contributed by atoms with Gasteiger partial charge in [-0.3, -0.25) is 4.98 Å². The number of rotatable bonds is 1. The number of nitrogens with two attached hydrogens (primary N) is 1. The summed E-state index contributed by atoms with van der Waals surface area (Å²) in [7, 11) is 0. The summed E-state index contributed by atoms with van der Waals surface area (Å²) >= 11 is 0. The van der Waals surface area contributed by atoms with Crippen molar-refractivity contribution in [3.8, 4) is 0 Å². The van der Waals surface area contributed by atoms with E-state index in [1.54, 1.807) is 6.20 Å². The lowest BCUT2D eigenvalue weighted by Crippen LogP contribution is -2.35. The maximum absolute atomic E-state index is 5.50. The summed E-state index contributed by atoms with van der Waals surface area (Å²) in [6.45, 7) is 1.11. The predicted octanol–water partition coefficient (Wildman–Crippen LogP) is 0.698. The Morgan fingerprint density at radius 3 is 2.82 bits per heavy atom. The quantitative estimate of drug-likeness (QED) is 0.618. The molecule has 1 saturated heterocycles. The molecule has 1 unspecified atom stereocenters. The second-order valence-electron chi connectivity index (χ2n) is 2.81. The maximum atomic E-state index is 5.50. The van der Waals surface area contributed by atoms with E-state index in [1.807, 2.05) is 12.1 Å². The molecule has 1 aliphatic rings. The molecule has 0 radical (unpaired) electrons. The highest BCUT2D eigenvalue weighted by Gasteiger charge is 2.18. The lowest BCUT2D eigenvalue weighted by atomic mass is 10.0. The molecule has 0 amide bonds. The summed E-state index contributed by atoms with van der Waals surface area (Å²) in [5.41, 5.74) is 7.34. The van der Waals surface area contributed by atoms with Crippen LogP contribution in [-0.4, -0.2) is 11.5 Å². The molecule has 3 N–H and O–H groups in total. The number of hydrogen-bond donors (Lipinski definition) is 2. The molecule has 2 heterocycles. The fourth-order valence-electron chi connectivity index (χ4n) is 1.16. The first-order chi connectivity index (χ1) is 5.36. The van der Waals surface area contributed by atoms with Gasteiger partial charge in [-0.15, -0.1) is 0 Å². The summed E-state index contributed by atoms with van der Waals surface area (Å²) < 4.78 is 0. The molecule has 58 valence electrons. The number of nitrogen functional groups attached to an aromatic ring is 1. The van der Waals surface area contributed by atoms with Crippen LogP contribution in [0.2, 0.25) is 0 Å². The van der Waals surface area contributed by atoms with Gasteiger partial charge in [-0.2, -0.15) is 0 Å². The van der Waals surface area contributed by atoms with Gasteiger partial charge in [-0.05, 0) is 25.1 Å². The van der Waals surface area contributed by atoms with Crippen molar-refractivity contribution in [1.29, 1.82) is 0 Å². The van der Waals surface area contributed by atoms with Crippen molar-refractivity contribution in [1.82, 2.24) is 10.3 Å². The molecule has 0 aromatic carbocycles. The van der Waals surface area contributed by atoms with Crippen LogP contribution in [0.1, 0.15) is 18.2 Å². The third-order valence-corrected chi connectivity index (χ3v) is 1.99. The van der Waals surface area contributed by atoms with Crippen molar-refractivity contribution in [3.63, 3.8) is 0 Å². The lowest BCUT2D eigenvalue weighted by molar-refractivity contribution is 0.375. The zero-order valence-corrected chi connectivity index (χ0v) is 6.25. The highest BCUT2D eigenvalue weighted by molar-refractivity contribution is 5.35. The minimum Gasteiger partial charge on any atom is -0.397 e. The van der Waals surface area contributed by atoms with E-state index < -0.39 is 0 Å². The van der Waals surface area contributed by atoms with Gasteiger partial charge in [0.25, 0.3) is 0 Å². The molecule has 1 aromatic heterocycles. The molecule has 1 fully saturated rings. The van der Waals surface area contributed by atoms with E-state index in [2.05, 4.69) is 10.3 Å². The van der Waals surface area contributed by atoms with Crippen LogP contribution in [0.5, 0.6) is 0 Å². The number of pyridine rings is 1. The Balaban J connectivity index is 2.18. The zero-order valence-electron chi connectivity index (χ0n) is 6.25. The average molecular weight is 149 g/mol. The van der Waals surface area contributed by atoms with Gasteiger partial charge in [0.2, 0.25) is 0 Å². The van der Waals surface area contributed by atoms with Crippen LogP contribution < -0.4 is 11.1 Å². The zero-order chi connectivity index (χ0) is 7.68. The van der Waals surface area contributed by atoms with E-state index in [4.69, 9.17) is 5.73 Å². The largest absolute Gasteiger partial charge is 0.397 e. The number of hydrogen-bond acceptors (Lipinski definition) is 3. The highest BCUT2D eigenvalue weighted by Crippen LogP contribution is 2.20. The molecular formula is C8H11N3. The average Bonchev–Trinajstić information content (AvgIpc) is 1.90. The van der Waals surface area contributed by atoms with Gasteiger partial charge in [-0.25, -0.2) is 0 Å². The van der Waals surface area contributed by atoms with Crippen molar-refractivity contribution in [2.24, 2.45) is 0 Å². The molecule has 1 aromatic rings. The van der Waals surface area contributed by atoms with Gasteiger partial charge in [0, 0.05) is 0 Å². The van der Waals surface area contributed by atoms with Crippen LogP contribution in [0.4, 0.5) is 5.69 Å². The molecule has 3 nitrogen and oxygen atoms in total. The van der Waals surface area contributed by atoms with Crippen molar-refractivity contribution in [2.75, 3.05) is 12.3 Å². The molecule has 11 heavy (non-hydrogen) atoms. The smallest absolute Gasteiger partial charge is 0.0575 e. The fourth-order valence-corrected chi connectivity index (χ4v) is 1.16. The molecule has 3 heteroatoms. The molecule has 1 aliphatic heterocycles. The van der Waals surface area contributed by atoms with Crippen molar-refractivity contribution in [2.45, 2.75) is 12.5 Å². The monoisotopic (exact) mass is 149 g/mol. The first-order valence-electron chi connectivity index (χ1n) is 3.81. The lowest BCUT2D eigenvalue weighted by Gasteiger charge is -2.26. The summed E-state index contributed by atoms with van der Waals surface area (Å²) in [4.78, 5) is 4.21. The van der Waals surface area contributed by atoms with Gasteiger partial charge in [0.15, 0.2) is 0 Å². The van der Waals surface area contributed by atoms with Crippen LogP contribution in [0, 0.1) is 0 Å². The third kappa shape index (κ3) is 1.19. The fraction of sp³-hybridized carbons (Fsp3) is 0.375. The molecule has 0 aliphatic carbocycles. The van der Waals surface area contributed by atoms with Gasteiger partial charge in [0.1, 0.15) is 0 Å². The second-order valence-corrected chi connectivity index (χ2v) is 2.81.